The van der Waals surface area contributed by atoms with Crippen LogP contribution in [0.2, 0.25) is 0 Å². The van der Waals surface area contributed by atoms with Gasteiger partial charge in [-0.2, -0.15) is 0 Å². The number of aromatic nitrogens is 1. The summed E-state index contributed by atoms with van der Waals surface area (Å²) in [6.07, 6.45) is 9.65. The van der Waals surface area contributed by atoms with Crippen LogP contribution in [-0.2, 0) is 6.54 Å². The molecule has 3 heteroatoms. The maximum Gasteiger partial charge on any atom is 0.0598 e. The molecule has 0 aliphatic heterocycles. The summed E-state index contributed by atoms with van der Waals surface area (Å²) >= 11 is 0. The van der Waals surface area contributed by atoms with Crippen LogP contribution in [0.15, 0.2) is 18.5 Å². The second-order valence-corrected chi connectivity index (χ2v) is 7.90. The Balaban J connectivity index is 1.73. The molecule has 2 saturated carbocycles. The first-order valence-electron chi connectivity index (χ1n) is 8.44. The van der Waals surface area contributed by atoms with Crippen molar-refractivity contribution in [1.82, 2.24) is 10.3 Å². The average Bonchev–Trinajstić information content (AvgIpc) is 3.30. The maximum atomic E-state index is 4.40. The molecule has 1 aromatic rings. The lowest BCUT2D eigenvalue weighted by Crippen LogP contribution is -2.36. The third-order valence-corrected chi connectivity index (χ3v) is 4.39. The van der Waals surface area contributed by atoms with E-state index in [4.69, 9.17) is 0 Å². The fourth-order valence-electron chi connectivity index (χ4n) is 2.70. The molecule has 0 bridgehead atoms. The van der Waals surface area contributed by atoms with E-state index in [0.29, 0.717) is 0 Å². The first-order valence-corrected chi connectivity index (χ1v) is 8.44. The van der Waals surface area contributed by atoms with E-state index >= 15 is 0 Å². The Bertz CT molecular complexity index is 456. The van der Waals surface area contributed by atoms with Gasteiger partial charge < -0.3 is 10.2 Å². The van der Waals surface area contributed by atoms with Gasteiger partial charge in [-0.25, -0.2) is 0 Å². The molecule has 1 heterocycles. The predicted octanol–water partition coefficient (Wildman–Crippen LogP) is 3.60. The second kappa shape index (κ2) is 5.96. The highest BCUT2D eigenvalue weighted by atomic mass is 15.2. The normalized spacial score (nSPS) is 18.8. The minimum absolute atomic E-state index is 0.151. The van der Waals surface area contributed by atoms with Crippen molar-refractivity contribution in [3.63, 3.8) is 0 Å². The van der Waals surface area contributed by atoms with Crippen LogP contribution in [0.25, 0.3) is 0 Å². The van der Waals surface area contributed by atoms with Crippen molar-refractivity contribution in [2.45, 2.75) is 58.5 Å². The summed E-state index contributed by atoms with van der Waals surface area (Å²) in [5, 5.41) is 3.62. The fourth-order valence-corrected chi connectivity index (χ4v) is 2.70. The van der Waals surface area contributed by atoms with Gasteiger partial charge in [0, 0.05) is 31.4 Å². The smallest absolute Gasteiger partial charge is 0.0598 e. The van der Waals surface area contributed by atoms with Gasteiger partial charge in [-0.3, -0.25) is 4.98 Å². The molecule has 2 aliphatic rings. The van der Waals surface area contributed by atoms with Gasteiger partial charge in [0.1, 0.15) is 0 Å². The van der Waals surface area contributed by atoms with Crippen LogP contribution in [0.3, 0.4) is 0 Å². The van der Waals surface area contributed by atoms with E-state index in [9.17, 15) is 0 Å². The average molecular weight is 287 g/mol. The Labute approximate surface area is 129 Å². The number of nitrogens with zero attached hydrogens (tertiary/aromatic N) is 2. The van der Waals surface area contributed by atoms with Crippen LogP contribution in [0.4, 0.5) is 5.69 Å². The number of hydrogen-bond acceptors (Lipinski definition) is 3. The van der Waals surface area contributed by atoms with Crippen LogP contribution >= 0.6 is 0 Å². The largest absolute Gasteiger partial charge is 0.369 e. The van der Waals surface area contributed by atoms with Crippen molar-refractivity contribution in [2.75, 3.05) is 18.0 Å². The highest BCUT2D eigenvalue weighted by molar-refractivity contribution is 5.52. The van der Waals surface area contributed by atoms with Gasteiger partial charge in [0.15, 0.2) is 0 Å². The Morgan fingerprint density at radius 1 is 1.14 bits per heavy atom. The molecule has 2 fully saturated rings. The minimum Gasteiger partial charge on any atom is -0.369 e. The molecule has 0 radical (unpaired) electrons. The van der Waals surface area contributed by atoms with Gasteiger partial charge in [-0.1, -0.05) is 0 Å². The molecule has 0 saturated heterocycles. The number of rotatable bonds is 7. The molecule has 1 aromatic heterocycles. The van der Waals surface area contributed by atoms with Gasteiger partial charge in [-0.15, -0.1) is 0 Å². The zero-order chi connectivity index (χ0) is 14.9. The summed E-state index contributed by atoms with van der Waals surface area (Å²) in [4.78, 5) is 7.01. The lowest BCUT2D eigenvalue weighted by molar-refractivity contribution is 0.424. The summed E-state index contributed by atoms with van der Waals surface area (Å²) in [5.41, 5.74) is 2.90. The predicted molar refractivity (Wildman–Crippen MR) is 88.5 cm³/mol. The number of pyridine rings is 1. The van der Waals surface area contributed by atoms with Crippen molar-refractivity contribution in [3.05, 3.63) is 24.0 Å². The van der Waals surface area contributed by atoms with Crippen molar-refractivity contribution in [1.29, 1.82) is 0 Å². The van der Waals surface area contributed by atoms with Gasteiger partial charge in [-0.05, 0) is 69.9 Å². The highest BCUT2D eigenvalue weighted by Gasteiger charge is 2.30. The van der Waals surface area contributed by atoms with Crippen LogP contribution in [0.1, 0.15) is 52.0 Å². The van der Waals surface area contributed by atoms with E-state index in [2.05, 4.69) is 48.2 Å². The topological polar surface area (TPSA) is 28.2 Å². The standard InChI is InChI=1S/C18H29N3/c1-18(2,3)20-10-16-8-9-19-11-17(16)21(12-14-4-5-14)13-15-6-7-15/h8-9,11,14-15,20H,4-7,10,12-13H2,1-3H3. The lowest BCUT2D eigenvalue weighted by Gasteiger charge is -2.28. The zero-order valence-electron chi connectivity index (χ0n) is 13.7. The van der Waals surface area contributed by atoms with E-state index < -0.39 is 0 Å². The lowest BCUT2D eigenvalue weighted by atomic mass is 10.1. The molecule has 0 spiro atoms. The Hall–Kier alpha value is -1.09. The molecule has 3 rings (SSSR count). The number of nitrogens with one attached hydrogen (secondary N) is 1. The summed E-state index contributed by atoms with van der Waals surface area (Å²) in [6.45, 7) is 10.0. The molecule has 0 aromatic carbocycles. The molecule has 21 heavy (non-hydrogen) atoms. The van der Waals surface area contributed by atoms with Gasteiger partial charge in [0.2, 0.25) is 0 Å². The van der Waals surface area contributed by atoms with Crippen molar-refractivity contribution < 1.29 is 0 Å². The Morgan fingerprint density at radius 3 is 2.29 bits per heavy atom. The van der Waals surface area contributed by atoms with E-state index in [1.807, 2.05) is 6.20 Å². The Morgan fingerprint density at radius 2 is 1.76 bits per heavy atom. The molecule has 2 aliphatic carbocycles. The number of hydrogen-bond donors (Lipinski definition) is 1. The summed E-state index contributed by atoms with van der Waals surface area (Å²) < 4.78 is 0. The minimum atomic E-state index is 0.151. The molecule has 1 N–H and O–H groups in total. The monoisotopic (exact) mass is 287 g/mol. The van der Waals surface area contributed by atoms with Crippen molar-refractivity contribution in [3.8, 4) is 0 Å². The summed E-state index contributed by atoms with van der Waals surface area (Å²) in [5.74, 6) is 1.85. The summed E-state index contributed by atoms with van der Waals surface area (Å²) in [7, 11) is 0. The third-order valence-electron chi connectivity index (χ3n) is 4.39. The van der Waals surface area contributed by atoms with Crippen LogP contribution in [0.5, 0.6) is 0 Å². The summed E-state index contributed by atoms with van der Waals surface area (Å²) in [6, 6.07) is 2.18. The Kier molecular flexibility index (Phi) is 4.21. The molecular formula is C18H29N3. The van der Waals surface area contributed by atoms with Crippen LogP contribution in [-0.4, -0.2) is 23.6 Å². The molecule has 3 nitrogen and oxygen atoms in total. The van der Waals surface area contributed by atoms with E-state index in [1.54, 1.807) is 0 Å². The first kappa shape index (κ1) is 14.8. The van der Waals surface area contributed by atoms with E-state index in [0.717, 1.165) is 18.4 Å². The van der Waals surface area contributed by atoms with Gasteiger partial charge in [0.05, 0.1) is 11.9 Å². The zero-order valence-corrected chi connectivity index (χ0v) is 13.7. The van der Waals surface area contributed by atoms with Crippen LogP contribution < -0.4 is 10.2 Å². The molecular weight excluding hydrogens is 258 g/mol. The highest BCUT2D eigenvalue weighted by Crippen LogP contribution is 2.36. The quantitative estimate of drug-likeness (QED) is 0.830. The molecule has 116 valence electrons. The maximum absolute atomic E-state index is 4.40. The molecule has 0 unspecified atom stereocenters. The fraction of sp³-hybridized carbons (Fsp3) is 0.722. The van der Waals surface area contributed by atoms with Crippen LogP contribution in [0, 0.1) is 11.8 Å². The van der Waals surface area contributed by atoms with Crippen molar-refractivity contribution in [2.24, 2.45) is 11.8 Å². The molecule has 0 atom stereocenters. The SMILES string of the molecule is CC(C)(C)NCc1ccncc1N(CC1CC1)CC1CC1. The van der Waals surface area contributed by atoms with E-state index in [-0.39, 0.29) is 5.54 Å². The van der Waals surface area contributed by atoms with Crippen molar-refractivity contribution >= 4 is 5.69 Å². The number of anilines is 1. The first-order chi connectivity index (χ1) is 10.0. The van der Waals surface area contributed by atoms with Gasteiger partial charge in [0.25, 0.3) is 0 Å². The third kappa shape index (κ3) is 4.70. The second-order valence-electron chi connectivity index (χ2n) is 7.90. The van der Waals surface area contributed by atoms with E-state index in [1.165, 1.54) is 50.0 Å². The molecule has 0 amide bonds. The van der Waals surface area contributed by atoms with Gasteiger partial charge >= 0.3 is 0 Å².